The summed E-state index contributed by atoms with van der Waals surface area (Å²) in [6.45, 7) is 8.25. The van der Waals surface area contributed by atoms with E-state index in [4.69, 9.17) is 0 Å². The van der Waals surface area contributed by atoms with Gasteiger partial charge < -0.3 is 15.3 Å². The molecule has 0 unspecified atom stereocenters. The van der Waals surface area contributed by atoms with Gasteiger partial charge in [-0.2, -0.15) is 20.1 Å². The van der Waals surface area contributed by atoms with Crippen molar-refractivity contribution in [1.29, 1.82) is 0 Å². The molecule has 3 aromatic rings. The van der Waals surface area contributed by atoms with E-state index in [0.717, 1.165) is 37.2 Å². The Morgan fingerprint density at radius 3 is 2.53 bits per heavy atom. The number of para-hydroxylation sites is 1. The second kappa shape index (κ2) is 9.64. The number of hydrogen-bond acceptors (Lipinski definition) is 8. The Labute approximate surface area is 188 Å². The van der Waals surface area contributed by atoms with Crippen molar-refractivity contribution < 1.29 is 5.11 Å². The van der Waals surface area contributed by atoms with Gasteiger partial charge in [-0.3, -0.25) is 0 Å². The lowest BCUT2D eigenvalue weighted by molar-refractivity contribution is 0.434. The Hall–Kier alpha value is -3.68. The quantitative estimate of drug-likeness (QED) is 0.387. The summed E-state index contributed by atoms with van der Waals surface area (Å²) in [6, 6.07) is 13.1. The van der Waals surface area contributed by atoms with Gasteiger partial charge in [0.25, 0.3) is 0 Å². The predicted molar refractivity (Wildman–Crippen MR) is 129 cm³/mol. The fourth-order valence-electron chi connectivity index (χ4n) is 3.58. The Balaban J connectivity index is 1.61. The normalized spacial score (nSPS) is 14.7. The van der Waals surface area contributed by atoms with Crippen LogP contribution in [0.5, 0.6) is 5.75 Å². The number of phenolic OH excluding ortho intramolecular Hbond substituents is 1. The third-order valence-electron chi connectivity index (χ3n) is 5.85. The van der Waals surface area contributed by atoms with Gasteiger partial charge in [0.1, 0.15) is 5.75 Å². The number of hydrazone groups is 1. The molecule has 1 aromatic heterocycles. The van der Waals surface area contributed by atoms with Crippen LogP contribution in [0, 0.1) is 19.8 Å². The molecule has 0 amide bonds. The van der Waals surface area contributed by atoms with Crippen molar-refractivity contribution >= 4 is 29.7 Å². The van der Waals surface area contributed by atoms with E-state index in [2.05, 4.69) is 62.5 Å². The molecule has 0 spiro atoms. The first-order chi connectivity index (χ1) is 15.5. The minimum Gasteiger partial charge on any atom is -0.507 e. The highest BCUT2D eigenvalue weighted by molar-refractivity contribution is 5.83. The minimum absolute atomic E-state index is 0.161. The number of nitrogens with zero attached hydrogens (tertiary/aromatic N) is 5. The topological polar surface area (TPSA) is 98.6 Å². The van der Waals surface area contributed by atoms with Gasteiger partial charge >= 0.3 is 0 Å². The molecule has 0 saturated carbocycles. The summed E-state index contributed by atoms with van der Waals surface area (Å²) < 4.78 is 0. The van der Waals surface area contributed by atoms with Crippen molar-refractivity contribution in [2.45, 2.75) is 33.6 Å². The van der Waals surface area contributed by atoms with Gasteiger partial charge in [-0.05, 0) is 61.9 Å². The van der Waals surface area contributed by atoms with Gasteiger partial charge in [0.15, 0.2) is 0 Å². The van der Waals surface area contributed by atoms with E-state index < -0.39 is 0 Å². The lowest BCUT2D eigenvalue weighted by Crippen LogP contribution is -2.34. The van der Waals surface area contributed by atoms with Crippen LogP contribution >= 0.6 is 0 Å². The third-order valence-corrected chi connectivity index (χ3v) is 5.85. The standard InChI is InChI=1S/C24H29N7O/c1-16-11-13-31(14-12-16)24-28-22(26-20-9-6-7-17(2)18(20)3)27-23(29-24)30-25-15-19-8-4-5-10-21(19)32/h4-10,15-16,32H,11-14H2,1-3H3,(H2,26,27,28,29,30). The Kier molecular flexibility index (Phi) is 6.49. The van der Waals surface area contributed by atoms with E-state index in [1.165, 1.54) is 5.56 Å². The second-order valence-corrected chi connectivity index (χ2v) is 8.25. The van der Waals surface area contributed by atoms with Crippen LogP contribution in [0.3, 0.4) is 0 Å². The number of aromatic nitrogens is 3. The lowest BCUT2D eigenvalue weighted by Gasteiger charge is -2.30. The number of rotatable bonds is 6. The number of aryl methyl sites for hydroxylation is 1. The summed E-state index contributed by atoms with van der Waals surface area (Å²) in [7, 11) is 0. The Morgan fingerprint density at radius 2 is 1.75 bits per heavy atom. The summed E-state index contributed by atoms with van der Waals surface area (Å²) in [4.78, 5) is 16.0. The van der Waals surface area contributed by atoms with Crippen LogP contribution in [0.4, 0.5) is 23.5 Å². The summed E-state index contributed by atoms with van der Waals surface area (Å²) in [5.41, 5.74) is 6.79. The van der Waals surface area contributed by atoms with Crippen LogP contribution in [0.25, 0.3) is 0 Å². The maximum Gasteiger partial charge on any atom is 0.250 e. The SMILES string of the molecule is Cc1cccc(Nc2nc(NN=Cc3ccccc3O)nc(N3CCC(C)CC3)n2)c1C. The van der Waals surface area contributed by atoms with Crippen molar-refractivity contribution in [2.24, 2.45) is 11.0 Å². The van der Waals surface area contributed by atoms with Crippen LogP contribution in [0.1, 0.15) is 36.5 Å². The molecule has 4 rings (SSSR count). The largest absolute Gasteiger partial charge is 0.507 e. The average molecular weight is 432 g/mol. The summed E-state index contributed by atoms with van der Waals surface area (Å²) in [5, 5.41) is 17.5. The highest BCUT2D eigenvalue weighted by Gasteiger charge is 2.20. The molecule has 32 heavy (non-hydrogen) atoms. The van der Waals surface area contributed by atoms with E-state index in [0.29, 0.717) is 29.3 Å². The molecule has 1 aliphatic heterocycles. The molecule has 166 valence electrons. The van der Waals surface area contributed by atoms with Gasteiger partial charge in [0.2, 0.25) is 17.8 Å². The zero-order chi connectivity index (χ0) is 22.5. The van der Waals surface area contributed by atoms with Gasteiger partial charge in [0, 0.05) is 24.3 Å². The smallest absolute Gasteiger partial charge is 0.250 e. The molecule has 1 aliphatic rings. The zero-order valence-electron chi connectivity index (χ0n) is 18.7. The second-order valence-electron chi connectivity index (χ2n) is 8.25. The molecule has 1 saturated heterocycles. The molecule has 0 aliphatic carbocycles. The summed E-state index contributed by atoms with van der Waals surface area (Å²) >= 11 is 0. The van der Waals surface area contributed by atoms with E-state index in [9.17, 15) is 5.11 Å². The van der Waals surface area contributed by atoms with Crippen molar-refractivity contribution in [3.05, 3.63) is 59.2 Å². The summed E-state index contributed by atoms with van der Waals surface area (Å²) in [6.07, 6.45) is 3.76. The number of aromatic hydroxyl groups is 1. The van der Waals surface area contributed by atoms with Crippen molar-refractivity contribution in [3.63, 3.8) is 0 Å². The van der Waals surface area contributed by atoms with E-state index in [-0.39, 0.29) is 5.75 Å². The number of piperidine rings is 1. The highest BCUT2D eigenvalue weighted by Crippen LogP contribution is 2.25. The van der Waals surface area contributed by atoms with Gasteiger partial charge in [0.05, 0.1) is 6.21 Å². The molecule has 2 aromatic carbocycles. The maximum absolute atomic E-state index is 9.92. The zero-order valence-corrected chi connectivity index (χ0v) is 18.7. The average Bonchev–Trinajstić information content (AvgIpc) is 2.79. The molecule has 0 radical (unpaired) electrons. The van der Waals surface area contributed by atoms with Gasteiger partial charge in [-0.15, -0.1) is 0 Å². The van der Waals surface area contributed by atoms with E-state index in [1.54, 1.807) is 24.4 Å². The van der Waals surface area contributed by atoms with Crippen molar-refractivity contribution in [2.75, 3.05) is 28.7 Å². The first-order valence-electron chi connectivity index (χ1n) is 10.9. The van der Waals surface area contributed by atoms with Crippen molar-refractivity contribution in [1.82, 2.24) is 15.0 Å². The van der Waals surface area contributed by atoms with E-state index >= 15 is 0 Å². The first-order valence-corrected chi connectivity index (χ1v) is 10.9. The van der Waals surface area contributed by atoms with Gasteiger partial charge in [-0.1, -0.05) is 31.2 Å². The highest BCUT2D eigenvalue weighted by atomic mass is 16.3. The Morgan fingerprint density at radius 1 is 1.00 bits per heavy atom. The van der Waals surface area contributed by atoms with Crippen LogP contribution in [0.2, 0.25) is 0 Å². The number of nitrogens with one attached hydrogen (secondary N) is 2. The van der Waals surface area contributed by atoms with E-state index in [1.807, 2.05) is 18.2 Å². The monoisotopic (exact) mass is 431 g/mol. The maximum atomic E-state index is 9.92. The van der Waals surface area contributed by atoms with Crippen LogP contribution in [-0.4, -0.2) is 39.4 Å². The minimum atomic E-state index is 0.161. The molecule has 1 fully saturated rings. The van der Waals surface area contributed by atoms with Crippen LogP contribution < -0.4 is 15.6 Å². The molecule has 2 heterocycles. The van der Waals surface area contributed by atoms with Crippen LogP contribution in [0.15, 0.2) is 47.6 Å². The first kappa shape index (κ1) is 21.5. The Bertz CT molecular complexity index is 1110. The lowest BCUT2D eigenvalue weighted by atomic mass is 10.00. The third kappa shape index (κ3) is 5.14. The molecule has 0 atom stereocenters. The number of benzene rings is 2. The van der Waals surface area contributed by atoms with Crippen LogP contribution in [-0.2, 0) is 0 Å². The predicted octanol–water partition coefficient (Wildman–Crippen LogP) is 4.62. The molecular weight excluding hydrogens is 402 g/mol. The number of hydrogen-bond donors (Lipinski definition) is 3. The fraction of sp³-hybridized carbons (Fsp3) is 0.333. The van der Waals surface area contributed by atoms with Gasteiger partial charge in [-0.25, -0.2) is 5.43 Å². The number of phenols is 1. The van der Waals surface area contributed by atoms with Crippen molar-refractivity contribution in [3.8, 4) is 5.75 Å². The fourth-order valence-corrected chi connectivity index (χ4v) is 3.58. The molecule has 0 bridgehead atoms. The summed E-state index contributed by atoms with van der Waals surface area (Å²) in [5.74, 6) is 2.30. The molecule has 8 heteroatoms. The molecule has 8 nitrogen and oxygen atoms in total. The molecule has 3 N–H and O–H groups in total. The molecular formula is C24H29N7O. The number of anilines is 4.